The Hall–Kier alpha value is -0.300. The van der Waals surface area contributed by atoms with E-state index in [0.717, 1.165) is 6.42 Å². The van der Waals surface area contributed by atoms with Crippen LogP contribution in [-0.2, 0) is 4.74 Å². The molecule has 0 saturated carbocycles. The van der Waals surface area contributed by atoms with Crippen LogP contribution in [0.5, 0.6) is 0 Å². The molecule has 0 radical (unpaired) electrons. The summed E-state index contributed by atoms with van der Waals surface area (Å²) in [6.45, 7) is 4.53. The second-order valence-electron chi connectivity index (χ2n) is 5.62. The zero-order chi connectivity index (χ0) is 13.1. The van der Waals surface area contributed by atoms with E-state index in [0.29, 0.717) is 12.2 Å². The van der Waals surface area contributed by atoms with Crippen molar-refractivity contribution in [3.8, 4) is 0 Å². The Bertz CT molecular complexity index is 210. The third kappa shape index (κ3) is 7.92. The smallest absolute Gasteiger partial charge is 0.0876 e. The van der Waals surface area contributed by atoms with Gasteiger partial charge in [0, 0.05) is 0 Å². The topological polar surface area (TPSA) is 12.5 Å². The number of ether oxygens (including phenoxy) is 1. The fourth-order valence-electron chi connectivity index (χ4n) is 2.45. The summed E-state index contributed by atoms with van der Waals surface area (Å²) in [6.07, 6.45) is 20.5. The maximum Gasteiger partial charge on any atom is 0.0876 e. The van der Waals surface area contributed by atoms with Crippen LogP contribution in [0.15, 0.2) is 12.2 Å². The van der Waals surface area contributed by atoms with Crippen LogP contribution in [0.1, 0.15) is 84.5 Å². The van der Waals surface area contributed by atoms with Crippen molar-refractivity contribution in [1.82, 2.24) is 0 Å². The zero-order valence-electron chi connectivity index (χ0n) is 12.5. The van der Waals surface area contributed by atoms with Gasteiger partial charge in [-0.25, -0.2) is 0 Å². The summed E-state index contributed by atoms with van der Waals surface area (Å²) < 4.78 is 5.67. The van der Waals surface area contributed by atoms with E-state index in [1.165, 1.54) is 64.2 Å². The Morgan fingerprint density at radius 3 is 2.28 bits per heavy atom. The highest BCUT2D eigenvalue weighted by atomic mass is 16.6. The highest BCUT2D eigenvalue weighted by Gasteiger charge is 2.36. The summed E-state index contributed by atoms with van der Waals surface area (Å²) in [5, 5.41) is 0. The molecule has 1 aliphatic heterocycles. The number of unbranched alkanes of at least 4 members (excludes halogenated alkanes) is 7. The molecule has 2 unspecified atom stereocenters. The van der Waals surface area contributed by atoms with E-state index in [1.807, 2.05) is 0 Å². The van der Waals surface area contributed by atoms with Crippen molar-refractivity contribution in [1.29, 1.82) is 0 Å². The van der Waals surface area contributed by atoms with Gasteiger partial charge in [-0.3, -0.25) is 0 Å². The third-order valence-electron chi connectivity index (χ3n) is 3.79. The van der Waals surface area contributed by atoms with Crippen LogP contribution in [0, 0.1) is 0 Å². The molecule has 0 spiro atoms. The standard InChI is InChI=1S/C17H32O/c1-3-5-7-8-9-10-11-13-15-17-16(18-17)14-12-6-4-2/h11,13,16-17H,3-10,12,14-15H2,1-2H3/b13-11-. The van der Waals surface area contributed by atoms with E-state index >= 15 is 0 Å². The monoisotopic (exact) mass is 252 g/mol. The van der Waals surface area contributed by atoms with E-state index in [-0.39, 0.29) is 0 Å². The molecule has 0 amide bonds. The van der Waals surface area contributed by atoms with Crippen molar-refractivity contribution >= 4 is 0 Å². The van der Waals surface area contributed by atoms with Crippen LogP contribution in [0.4, 0.5) is 0 Å². The molecule has 1 nitrogen and oxygen atoms in total. The molecule has 0 aromatic heterocycles. The van der Waals surface area contributed by atoms with Gasteiger partial charge in [-0.05, 0) is 25.7 Å². The van der Waals surface area contributed by atoms with Crippen molar-refractivity contribution in [2.75, 3.05) is 0 Å². The number of hydrogen-bond acceptors (Lipinski definition) is 1. The summed E-state index contributed by atoms with van der Waals surface area (Å²) in [5.41, 5.74) is 0. The molecule has 0 aromatic carbocycles. The van der Waals surface area contributed by atoms with Crippen LogP contribution in [0.25, 0.3) is 0 Å². The minimum absolute atomic E-state index is 0.554. The van der Waals surface area contributed by atoms with E-state index in [9.17, 15) is 0 Å². The van der Waals surface area contributed by atoms with Gasteiger partial charge in [0.15, 0.2) is 0 Å². The molecule has 0 bridgehead atoms. The van der Waals surface area contributed by atoms with Gasteiger partial charge < -0.3 is 4.74 Å². The van der Waals surface area contributed by atoms with Crippen LogP contribution in [0.3, 0.4) is 0 Å². The Morgan fingerprint density at radius 1 is 0.778 bits per heavy atom. The van der Waals surface area contributed by atoms with Crippen molar-refractivity contribution in [2.24, 2.45) is 0 Å². The van der Waals surface area contributed by atoms with Gasteiger partial charge in [0.05, 0.1) is 12.2 Å². The van der Waals surface area contributed by atoms with Crippen molar-refractivity contribution < 1.29 is 4.74 Å². The minimum Gasteiger partial charge on any atom is -0.369 e. The average Bonchev–Trinajstić information content (AvgIpc) is 3.12. The summed E-state index contributed by atoms with van der Waals surface area (Å²) in [6, 6.07) is 0. The molecular formula is C17H32O. The molecule has 106 valence electrons. The highest BCUT2D eigenvalue weighted by Crippen LogP contribution is 2.30. The van der Waals surface area contributed by atoms with Gasteiger partial charge in [-0.15, -0.1) is 0 Å². The molecule has 0 aliphatic carbocycles. The van der Waals surface area contributed by atoms with E-state index < -0.39 is 0 Å². The Morgan fingerprint density at radius 2 is 1.50 bits per heavy atom. The lowest BCUT2D eigenvalue weighted by Crippen LogP contribution is -1.92. The summed E-state index contributed by atoms with van der Waals surface area (Å²) >= 11 is 0. The van der Waals surface area contributed by atoms with Gasteiger partial charge in [0.1, 0.15) is 0 Å². The first kappa shape index (κ1) is 15.8. The normalized spacial score (nSPS) is 22.8. The molecule has 1 fully saturated rings. The summed E-state index contributed by atoms with van der Waals surface area (Å²) in [7, 11) is 0. The van der Waals surface area contributed by atoms with Gasteiger partial charge in [0.25, 0.3) is 0 Å². The van der Waals surface area contributed by atoms with Crippen molar-refractivity contribution in [3.63, 3.8) is 0 Å². The van der Waals surface area contributed by atoms with Gasteiger partial charge in [0.2, 0.25) is 0 Å². The fraction of sp³-hybridized carbons (Fsp3) is 0.882. The lowest BCUT2D eigenvalue weighted by atomic mass is 10.1. The maximum absolute atomic E-state index is 5.67. The largest absolute Gasteiger partial charge is 0.369 e. The molecule has 2 atom stereocenters. The summed E-state index contributed by atoms with van der Waals surface area (Å²) in [4.78, 5) is 0. The van der Waals surface area contributed by atoms with E-state index in [2.05, 4.69) is 26.0 Å². The molecule has 18 heavy (non-hydrogen) atoms. The molecule has 1 aliphatic rings. The molecule has 0 N–H and O–H groups in total. The number of rotatable bonds is 12. The first-order valence-electron chi connectivity index (χ1n) is 8.19. The van der Waals surface area contributed by atoms with E-state index in [4.69, 9.17) is 4.74 Å². The SMILES string of the molecule is CCCCCCC/C=C\CC1OC1CCCCC. The second-order valence-corrected chi connectivity index (χ2v) is 5.62. The predicted octanol–water partition coefficient (Wildman–Crippen LogP) is 5.64. The predicted molar refractivity (Wildman–Crippen MR) is 79.9 cm³/mol. The third-order valence-corrected chi connectivity index (χ3v) is 3.79. The van der Waals surface area contributed by atoms with Gasteiger partial charge in [-0.1, -0.05) is 70.9 Å². The molecule has 1 saturated heterocycles. The Labute approximate surface area is 114 Å². The summed E-state index contributed by atoms with van der Waals surface area (Å²) in [5.74, 6) is 0. The van der Waals surface area contributed by atoms with Crippen LogP contribution in [-0.4, -0.2) is 12.2 Å². The van der Waals surface area contributed by atoms with Crippen LogP contribution >= 0.6 is 0 Å². The average molecular weight is 252 g/mol. The maximum atomic E-state index is 5.67. The molecule has 0 aromatic rings. The Balaban J connectivity index is 1.83. The van der Waals surface area contributed by atoms with Crippen LogP contribution in [0.2, 0.25) is 0 Å². The zero-order valence-corrected chi connectivity index (χ0v) is 12.5. The first-order chi connectivity index (χ1) is 8.88. The molecular weight excluding hydrogens is 220 g/mol. The first-order valence-corrected chi connectivity index (χ1v) is 8.19. The lowest BCUT2D eigenvalue weighted by Gasteiger charge is -1.96. The number of epoxide rings is 1. The Kier molecular flexibility index (Phi) is 9.28. The number of allylic oxidation sites excluding steroid dienone is 1. The quantitative estimate of drug-likeness (QED) is 0.249. The number of hydrogen-bond donors (Lipinski definition) is 0. The molecule has 1 heterocycles. The fourth-order valence-corrected chi connectivity index (χ4v) is 2.45. The highest BCUT2D eigenvalue weighted by molar-refractivity contribution is 4.93. The lowest BCUT2D eigenvalue weighted by molar-refractivity contribution is 0.359. The van der Waals surface area contributed by atoms with Gasteiger partial charge in [-0.2, -0.15) is 0 Å². The van der Waals surface area contributed by atoms with Gasteiger partial charge >= 0.3 is 0 Å². The molecule has 1 heteroatoms. The van der Waals surface area contributed by atoms with Crippen LogP contribution < -0.4 is 0 Å². The second kappa shape index (κ2) is 10.6. The van der Waals surface area contributed by atoms with E-state index in [1.54, 1.807) is 0 Å². The molecule has 1 rings (SSSR count). The van der Waals surface area contributed by atoms with Crippen molar-refractivity contribution in [2.45, 2.75) is 96.7 Å². The van der Waals surface area contributed by atoms with Crippen molar-refractivity contribution in [3.05, 3.63) is 12.2 Å². The minimum atomic E-state index is 0.554.